The second-order valence-corrected chi connectivity index (χ2v) is 12.1. The number of rotatable bonds is 12. The van der Waals surface area contributed by atoms with Gasteiger partial charge in [0, 0.05) is 42.8 Å². The van der Waals surface area contributed by atoms with Crippen LogP contribution in [0, 0.1) is 27.7 Å². The molecule has 5 heterocycles. The fraction of sp³-hybridized carbons (Fsp3) is 0.333. The predicted octanol–water partition coefficient (Wildman–Crippen LogP) is 0.444. The molecule has 0 saturated carbocycles. The largest absolute Gasteiger partial charge is 0.657 e. The Morgan fingerprint density at radius 2 is 0.714 bits per heavy atom. The van der Waals surface area contributed by atoms with Crippen LogP contribution in [-0.4, -0.2) is 44.3 Å². The van der Waals surface area contributed by atoms with Crippen molar-refractivity contribution < 1.29 is 56.7 Å². The Labute approximate surface area is 291 Å². The Morgan fingerprint density at radius 1 is 0.429 bits per heavy atom. The number of nitrogens with zero attached hydrogens (tertiary/aromatic N) is 4. The molecule has 8 bridgehead atoms. The van der Waals surface area contributed by atoms with Gasteiger partial charge in [0.1, 0.15) is 0 Å². The predicted molar refractivity (Wildman–Crippen MR) is 175 cm³/mol. The molecule has 259 valence electrons. The van der Waals surface area contributed by atoms with E-state index in [0.717, 1.165) is 44.5 Å². The van der Waals surface area contributed by atoms with Crippen molar-refractivity contribution in [3.63, 3.8) is 0 Å². The Bertz CT molecular complexity index is 2060. The van der Waals surface area contributed by atoms with Crippen LogP contribution in [0.1, 0.15) is 93.0 Å². The third kappa shape index (κ3) is 8.01. The van der Waals surface area contributed by atoms with Gasteiger partial charge >= 0.3 is 23.9 Å². The van der Waals surface area contributed by atoms with Crippen molar-refractivity contribution in [3.8, 4) is 0 Å². The molecule has 13 heteroatoms. The van der Waals surface area contributed by atoms with Crippen LogP contribution >= 0.6 is 0 Å². The summed E-state index contributed by atoms with van der Waals surface area (Å²) in [4.78, 5) is 65.9. The van der Waals surface area contributed by atoms with E-state index in [1.165, 1.54) is 0 Å². The molecule has 49 heavy (non-hydrogen) atoms. The molecule has 0 spiro atoms. The maximum absolute atomic E-state index is 11.6. The molecule has 0 saturated heterocycles. The normalized spacial score (nSPS) is 14.6. The zero-order chi connectivity index (χ0) is 34.9. The first-order chi connectivity index (χ1) is 22.7. The maximum atomic E-state index is 11.6. The number of fused-ring (bicyclic) bond motifs is 8. The van der Waals surface area contributed by atoms with Gasteiger partial charge in [0.05, 0.1) is 0 Å². The van der Waals surface area contributed by atoms with E-state index in [1.54, 1.807) is 24.3 Å². The molecule has 5 rings (SSSR count). The summed E-state index contributed by atoms with van der Waals surface area (Å²) in [7, 11) is 0. The Hall–Kier alpha value is -5.00. The molecule has 0 atom stereocenters. The average molecular weight is 708 g/mol. The van der Waals surface area contributed by atoms with Crippen molar-refractivity contribution >= 4 is 48.2 Å². The number of carboxylic acid groups (broad SMARTS) is 4. The Kier molecular flexibility index (Phi) is 11.3. The van der Waals surface area contributed by atoms with Crippen molar-refractivity contribution in [2.24, 2.45) is 0 Å². The minimum atomic E-state index is -0.954. The first-order valence-corrected chi connectivity index (χ1v) is 15.6. The van der Waals surface area contributed by atoms with Gasteiger partial charge in [-0.2, -0.15) is 0 Å². The van der Waals surface area contributed by atoms with E-state index in [4.69, 9.17) is 19.9 Å². The summed E-state index contributed by atoms with van der Waals surface area (Å²) >= 11 is 0. The van der Waals surface area contributed by atoms with Crippen molar-refractivity contribution in [1.29, 1.82) is 0 Å². The van der Waals surface area contributed by atoms with E-state index in [9.17, 15) is 39.6 Å². The van der Waals surface area contributed by atoms with Gasteiger partial charge in [-0.25, -0.2) is 0 Å². The van der Waals surface area contributed by atoms with Crippen LogP contribution in [0.2, 0.25) is 0 Å². The number of carbonyl (C=O) groups is 4. The van der Waals surface area contributed by atoms with Gasteiger partial charge in [0.15, 0.2) is 0 Å². The van der Waals surface area contributed by atoms with Crippen LogP contribution in [-0.2, 0) is 61.9 Å². The molecule has 4 aromatic rings. The molecule has 0 unspecified atom stereocenters. The molecule has 4 aromatic heterocycles. The monoisotopic (exact) mass is 707 g/mol. The van der Waals surface area contributed by atoms with Crippen LogP contribution in [0.25, 0.3) is 24.3 Å². The molecule has 0 amide bonds. The number of aromatic nitrogens is 4. The van der Waals surface area contributed by atoms with E-state index >= 15 is 0 Å². The number of carboxylic acids is 4. The van der Waals surface area contributed by atoms with Crippen molar-refractivity contribution in [2.75, 3.05) is 0 Å². The van der Waals surface area contributed by atoms with Crippen LogP contribution in [0.5, 0.6) is 0 Å². The summed E-state index contributed by atoms with van der Waals surface area (Å²) in [5.74, 6) is -3.82. The summed E-state index contributed by atoms with van der Waals surface area (Å²) in [5.41, 5.74) is 8.16. The van der Waals surface area contributed by atoms with Gasteiger partial charge in [-0.05, 0) is 53.4 Å². The SMILES string of the molecule is Cc1c2[n-]c(c1CCC(=O)O)/C=c1\[n-]/c(c(CCC(=O)O)c1C)=C\c1[n-]c(c(CCC(=O)O)c1C)/C=c1\[n-]/c(c(CCC(=O)O)c1C)=C\2.[Mn]. The molecule has 1 aliphatic rings. The second-order valence-electron chi connectivity index (χ2n) is 12.1. The first-order valence-electron chi connectivity index (χ1n) is 15.6. The van der Waals surface area contributed by atoms with E-state index in [2.05, 4.69) is 0 Å². The van der Waals surface area contributed by atoms with Crippen molar-refractivity contribution in [3.05, 3.63) is 88.7 Å². The average Bonchev–Trinajstić information content (AvgIpc) is 3.66. The second kappa shape index (κ2) is 15.0. The fourth-order valence-corrected chi connectivity index (χ4v) is 6.26. The molecule has 1 aliphatic heterocycles. The summed E-state index contributed by atoms with van der Waals surface area (Å²) in [6.07, 6.45) is 7.54. The number of aliphatic carboxylic acids is 4. The van der Waals surface area contributed by atoms with Gasteiger partial charge < -0.3 is 40.4 Å². The standard InChI is InChI=1S/C36H36N4O8.Mn/c1-17-21(5-9-33(41)42)29-14-26-19(3)23(7-11-35(45)46)31(39-26)16-28-20(4)24(8-12-36(47)48)32(40-28)15-27-18(2)22(6-10-34(43)44)30(38-27)13-25(17)37-29;/h13-16H,5-12H2,1-4H3,(H,41,42)(H,43,44)(H,45,46)(H,47,48);/q-4;/b25-13-,26-14?,27-15?,28-16-,29-14-,30-13?,31-16?,32-15-;. The quantitative estimate of drug-likeness (QED) is 0.131. The number of hydrogen-bond donors (Lipinski definition) is 4. The maximum Gasteiger partial charge on any atom is 0.303 e. The van der Waals surface area contributed by atoms with Crippen LogP contribution in [0.3, 0.4) is 0 Å². The topological polar surface area (TPSA) is 206 Å². The van der Waals surface area contributed by atoms with E-state index in [-0.39, 0.29) is 68.4 Å². The number of hydrogen-bond acceptors (Lipinski definition) is 4. The van der Waals surface area contributed by atoms with Gasteiger partial charge in [-0.1, -0.05) is 68.8 Å². The molecular formula is C36H36MnN4O8-4. The first kappa shape index (κ1) is 36.8. The molecule has 0 fully saturated rings. The summed E-state index contributed by atoms with van der Waals surface area (Å²) in [6.45, 7) is 7.43. The zero-order valence-electron chi connectivity index (χ0n) is 27.6. The van der Waals surface area contributed by atoms with E-state index in [0.29, 0.717) is 44.2 Å². The third-order valence-corrected chi connectivity index (χ3v) is 9.00. The summed E-state index contributed by atoms with van der Waals surface area (Å²) in [6, 6.07) is 0. The summed E-state index contributed by atoms with van der Waals surface area (Å²) in [5, 5.41) is 40.1. The molecule has 4 N–H and O–H groups in total. The van der Waals surface area contributed by atoms with Gasteiger partial charge in [-0.15, -0.1) is 44.2 Å². The minimum absolute atomic E-state index is 0. The molecule has 0 aromatic carbocycles. The molecule has 12 nitrogen and oxygen atoms in total. The van der Waals surface area contributed by atoms with Gasteiger partial charge in [-0.3, -0.25) is 19.2 Å². The minimum Gasteiger partial charge on any atom is -0.657 e. The summed E-state index contributed by atoms with van der Waals surface area (Å²) < 4.78 is 0. The van der Waals surface area contributed by atoms with Gasteiger partial charge in [0.25, 0.3) is 0 Å². The van der Waals surface area contributed by atoms with Crippen LogP contribution in [0.15, 0.2) is 0 Å². The van der Waals surface area contributed by atoms with E-state index in [1.807, 2.05) is 27.7 Å². The fourth-order valence-electron chi connectivity index (χ4n) is 6.26. The van der Waals surface area contributed by atoms with Crippen LogP contribution in [0.4, 0.5) is 0 Å². The van der Waals surface area contributed by atoms with Crippen molar-refractivity contribution in [2.45, 2.75) is 79.1 Å². The zero-order valence-corrected chi connectivity index (χ0v) is 28.7. The molecule has 1 radical (unpaired) electrons. The van der Waals surface area contributed by atoms with Gasteiger partial charge in [0.2, 0.25) is 0 Å². The Balaban J connectivity index is 0.00000541. The molecule has 0 aliphatic carbocycles. The third-order valence-electron chi connectivity index (χ3n) is 9.00. The van der Waals surface area contributed by atoms with Crippen molar-refractivity contribution in [1.82, 2.24) is 19.9 Å². The molecular weight excluding hydrogens is 671 g/mol. The smallest absolute Gasteiger partial charge is 0.303 e. The Morgan fingerprint density at radius 3 is 1.02 bits per heavy atom. The van der Waals surface area contributed by atoms with E-state index < -0.39 is 23.9 Å². The van der Waals surface area contributed by atoms with Crippen LogP contribution < -0.4 is 41.3 Å².